The zero-order valence-corrected chi connectivity index (χ0v) is 13.2. The van der Waals surface area contributed by atoms with Crippen LogP contribution in [-0.2, 0) is 6.54 Å². The second-order valence-corrected chi connectivity index (χ2v) is 6.21. The first-order valence-corrected chi connectivity index (χ1v) is 7.79. The first kappa shape index (κ1) is 15.8. The highest BCUT2D eigenvalue weighted by molar-refractivity contribution is 5.38. The first-order valence-electron chi connectivity index (χ1n) is 7.79. The van der Waals surface area contributed by atoms with Gasteiger partial charge in [0.15, 0.2) is 0 Å². The molecule has 0 aromatic carbocycles. The molecule has 118 valence electrons. The van der Waals surface area contributed by atoms with Gasteiger partial charge in [0.2, 0.25) is 0 Å². The smallest absolute Gasteiger partial charge is 0.330 e. The minimum atomic E-state index is -0.414. The zero-order valence-electron chi connectivity index (χ0n) is 13.2. The Morgan fingerprint density at radius 3 is 2.52 bits per heavy atom. The van der Waals surface area contributed by atoms with E-state index in [-0.39, 0.29) is 11.6 Å². The molecule has 1 aliphatic heterocycles. The van der Waals surface area contributed by atoms with Crippen molar-refractivity contribution < 1.29 is 0 Å². The third-order valence-electron chi connectivity index (χ3n) is 4.57. The largest absolute Gasteiger partial charge is 0.385 e. The fourth-order valence-corrected chi connectivity index (χ4v) is 2.82. The summed E-state index contributed by atoms with van der Waals surface area (Å²) in [6, 6.07) is -0.0190. The fraction of sp³-hybridized carbons (Fsp3) is 0.733. The molecule has 1 fully saturated rings. The Morgan fingerprint density at radius 1 is 1.33 bits per heavy atom. The van der Waals surface area contributed by atoms with Gasteiger partial charge in [-0.25, -0.2) is 4.79 Å². The molecule has 0 bridgehead atoms. The summed E-state index contributed by atoms with van der Waals surface area (Å²) in [4.78, 5) is 28.7. The van der Waals surface area contributed by atoms with Gasteiger partial charge in [-0.05, 0) is 45.2 Å². The van der Waals surface area contributed by atoms with Gasteiger partial charge in [-0.2, -0.15) is 0 Å². The van der Waals surface area contributed by atoms with Gasteiger partial charge in [0.05, 0.1) is 5.56 Å². The maximum Gasteiger partial charge on any atom is 0.330 e. The van der Waals surface area contributed by atoms with Gasteiger partial charge in [-0.3, -0.25) is 19.2 Å². The number of nitrogen functional groups attached to an aromatic ring is 1. The van der Waals surface area contributed by atoms with Gasteiger partial charge < -0.3 is 5.73 Å². The van der Waals surface area contributed by atoms with E-state index in [0.29, 0.717) is 17.9 Å². The lowest BCUT2D eigenvalue weighted by Crippen LogP contribution is -2.39. The number of nitrogens with one attached hydrogen (secondary N) is 1. The van der Waals surface area contributed by atoms with E-state index >= 15 is 0 Å². The summed E-state index contributed by atoms with van der Waals surface area (Å²) < 4.78 is 1.50. The lowest BCUT2D eigenvalue weighted by atomic mass is 9.99. The van der Waals surface area contributed by atoms with Crippen molar-refractivity contribution >= 4 is 5.82 Å². The molecule has 1 aliphatic rings. The highest BCUT2D eigenvalue weighted by Crippen LogP contribution is 2.20. The lowest BCUT2D eigenvalue weighted by Gasteiger charge is -2.30. The fourth-order valence-electron chi connectivity index (χ4n) is 2.82. The number of anilines is 1. The molecule has 0 spiro atoms. The van der Waals surface area contributed by atoms with Crippen LogP contribution in [0.4, 0.5) is 5.82 Å². The van der Waals surface area contributed by atoms with Gasteiger partial charge in [-0.1, -0.05) is 13.8 Å². The van der Waals surface area contributed by atoms with Crippen molar-refractivity contribution in [1.82, 2.24) is 14.5 Å². The quantitative estimate of drug-likeness (QED) is 0.877. The highest BCUT2D eigenvalue weighted by Gasteiger charge is 2.21. The summed E-state index contributed by atoms with van der Waals surface area (Å²) in [6.07, 6.45) is 3.07. The normalized spacial score (nSPS) is 18.8. The second-order valence-electron chi connectivity index (χ2n) is 6.21. The van der Waals surface area contributed by atoms with Crippen LogP contribution in [-0.4, -0.2) is 27.5 Å². The van der Waals surface area contributed by atoms with E-state index in [9.17, 15) is 9.59 Å². The van der Waals surface area contributed by atoms with Gasteiger partial charge >= 0.3 is 5.69 Å². The molecular formula is C15H26N4O2. The monoisotopic (exact) mass is 294 g/mol. The van der Waals surface area contributed by atoms with E-state index in [4.69, 9.17) is 5.73 Å². The molecule has 2 rings (SSSR count). The number of H-pyrrole nitrogens is 1. The van der Waals surface area contributed by atoms with Crippen LogP contribution in [0.15, 0.2) is 9.59 Å². The Bertz CT molecular complexity index is 597. The van der Waals surface area contributed by atoms with Crippen LogP contribution in [0.25, 0.3) is 0 Å². The van der Waals surface area contributed by atoms with Gasteiger partial charge in [0, 0.05) is 12.6 Å². The molecule has 2 heterocycles. The second kappa shape index (κ2) is 6.47. The maximum atomic E-state index is 12.1. The molecule has 21 heavy (non-hydrogen) atoms. The minimum Gasteiger partial charge on any atom is -0.385 e. The predicted octanol–water partition coefficient (Wildman–Crippen LogP) is 1.32. The molecule has 1 saturated heterocycles. The Labute approximate surface area is 125 Å². The van der Waals surface area contributed by atoms with E-state index < -0.39 is 5.69 Å². The highest BCUT2D eigenvalue weighted by atomic mass is 16.2. The summed E-state index contributed by atoms with van der Waals surface area (Å²) in [5, 5.41) is 0. The maximum absolute atomic E-state index is 12.1. The molecule has 0 saturated carbocycles. The SMILES string of the molecule is CCC(C)n1c(N)c(CN2CCC(C)CC2)c(=O)[nH]c1=O. The van der Waals surface area contributed by atoms with Gasteiger partial charge in [0.1, 0.15) is 5.82 Å². The number of hydrogen-bond donors (Lipinski definition) is 2. The summed E-state index contributed by atoms with van der Waals surface area (Å²) in [6.45, 7) is 8.65. The first-order chi connectivity index (χ1) is 9.93. The van der Waals surface area contributed by atoms with Crippen molar-refractivity contribution in [1.29, 1.82) is 0 Å². The van der Waals surface area contributed by atoms with Crippen molar-refractivity contribution in [3.63, 3.8) is 0 Å². The number of aromatic amines is 1. The average molecular weight is 294 g/mol. The summed E-state index contributed by atoms with van der Waals surface area (Å²) in [5.41, 5.74) is 5.88. The van der Waals surface area contributed by atoms with Gasteiger partial charge in [0.25, 0.3) is 5.56 Å². The number of hydrogen-bond acceptors (Lipinski definition) is 4. The van der Waals surface area contributed by atoms with Crippen molar-refractivity contribution in [2.75, 3.05) is 18.8 Å². The molecule has 1 aromatic rings. The van der Waals surface area contributed by atoms with Crippen LogP contribution in [0.1, 0.15) is 51.6 Å². The number of nitrogens with zero attached hydrogens (tertiary/aromatic N) is 2. The van der Waals surface area contributed by atoms with Crippen LogP contribution in [0, 0.1) is 5.92 Å². The number of rotatable bonds is 4. The molecule has 1 unspecified atom stereocenters. The summed E-state index contributed by atoms with van der Waals surface area (Å²) in [7, 11) is 0. The molecule has 6 heteroatoms. The number of piperidine rings is 1. The van der Waals surface area contributed by atoms with Gasteiger partial charge in [-0.15, -0.1) is 0 Å². The molecular weight excluding hydrogens is 268 g/mol. The minimum absolute atomic E-state index is 0.0190. The van der Waals surface area contributed by atoms with E-state index in [2.05, 4.69) is 16.8 Å². The van der Waals surface area contributed by atoms with Crippen molar-refractivity contribution in [2.45, 2.75) is 52.6 Å². The number of aromatic nitrogens is 2. The number of likely N-dealkylation sites (tertiary alicyclic amines) is 1. The van der Waals surface area contributed by atoms with Crippen molar-refractivity contribution in [2.24, 2.45) is 5.92 Å². The molecule has 1 aromatic heterocycles. The molecule has 0 radical (unpaired) electrons. The topological polar surface area (TPSA) is 84.1 Å². The van der Waals surface area contributed by atoms with Crippen molar-refractivity contribution in [3.05, 3.63) is 26.4 Å². The van der Waals surface area contributed by atoms with Crippen LogP contribution < -0.4 is 17.0 Å². The zero-order chi connectivity index (χ0) is 15.6. The number of nitrogens with two attached hydrogens (primary N) is 1. The van der Waals surface area contributed by atoms with E-state index in [1.165, 1.54) is 4.57 Å². The summed E-state index contributed by atoms with van der Waals surface area (Å²) >= 11 is 0. The van der Waals surface area contributed by atoms with Crippen LogP contribution in [0.5, 0.6) is 0 Å². The predicted molar refractivity (Wildman–Crippen MR) is 84.4 cm³/mol. The summed E-state index contributed by atoms with van der Waals surface area (Å²) in [5.74, 6) is 1.06. The van der Waals surface area contributed by atoms with Crippen LogP contribution in [0.2, 0.25) is 0 Å². The Kier molecular flexibility index (Phi) is 4.88. The Morgan fingerprint density at radius 2 is 1.95 bits per heavy atom. The third-order valence-corrected chi connectivity index (χ3v) is 4.57. The third kappa shape index (κ3) is 3.37. The standard InChI is InChI=1S/C15H26N4O2/c1-4-11(3)19-13(16)12(14(20)17-15(19)21)9-18-7-5-10(2)6-8-18/h10-11H,4-9,16H2,1-3H3,(H,17,20,21). The van der Waals surface area contributed by atoms with E-state index in [1.54, 1.807) is 0 Å². The Hall–Kier alpha value is -1.56. The lowest BCUT2D eigenvalue weighted by molar-refractivity contribution is 0.184. The molecule has 0 amide bonds. The molecule has 3 N–H and O–H groups in total. The van der Waals surface area contributed by atoms with E-state index in [1.807, 2.05) is 13.8 Å². The van der Waals surface area contributed by atoms with Crippen LogP contribution >= 0.6 is 0 Å². The molecule has 1 atom stereocenters. The Balaban J connectivity index is 2.31. The molecule has 6 nitrogen and oxygen atoms in total. The van der Waals surface area contributed by atoms with Crippen molar-refractivity contribution in [3.8, 4) is 0 Å². The average Bonchev–Trinajstić information content (AvgIpc) is 2.45. The van der Waals surface area contributed by atoms with Crippen LogP contribution in [0.3, 0.4) is 0 Å². The van der Waals surface area contributed by atoms with E-state index in [0.717, 1.165) is 38.3 Å². The molecule has 0 aliphatic carbocycles.